The second-order valence-corrected chi connectivity index (χ2v) is 8.11. The van der Waals surface area contributed by atoms with Crippen molar-refractivity contribution < 1.29 is 24.1 Å². The van der Waals surface area contributed by atoms with Gasteiger partial charge < -0.3 is 19.3 Å². The summed E-state index contributed by atoms with van der Waals surface area (Å²) in [6.07, 6.45) is 6.98. The summed E-state index contributed by atoms with van der Waals surface area (Å²) in [4.78, 5) is 11.3. The van der Waals surface area contributed by atoms with Crippen LogP contribution in [0, 0.1) is 6.92 Å². The fourth-order valence-electron chi connectivity index (χ4n) is 3.63. The molecular formula is C25H32N2O5. The number of hydrogen-bond donors (Lipinski definition) is 1. The van der Waals surface area contributed by atoms with Crippen molar-refractivity contribution >= 4 is 6.16 Å². The van der Waals surface area contributed by atoms with Crippen LogP contribution in [-0.4, -0.2) is 41.4 Å². The van der Waals surface area contributed by atoms with E-state index in [4.69, 9.17) is 19.3 Å². The summed E-state index contributed by atoms with van der Waals surface area (Å²) in [6, 6.07) is 10.2. The Bertz CT molecular complexity index is 973. The second-order valence-electron chi connectivity index (χ2n) is 8.11. The summed E-state index contributed by atoms with van der Waals surface area (Å²) in [5.74, 6) is 0.833. The zero-order chi connectivity index (χ0) is 23.1. The SMILES string of the molecule is CCOC(=O)OCCCC(C)(O)c1cc(-c2ccc(C)cc2)n(C2C=CC(OC)=CC2)n1. The molecule has 1 aliphatic carbocycles. The number of carbonyl (C=O) groups is 1. The molecule has 0 aliphatic heterocycles. The van der Waals surface area contributed by atoms with E-state index in [1.54, 1.807) is 21.0 Å². The number of aryl methyl sites for hydroxylation is 1. The Morgan fingerprint density at radius 3 is 2.66 bits per heavy atom. The number of hydrogen-bond acceptors (Lipinski definition) is 6. The lowest BCUT2D eigenvalue weighted by molar-refractivity contribution is 0.0236. The van der Waals surface area contributed by atoms with Crippen molar-refractivity contribution in [1.29, 1.82) is 0 Å². The minimum absolute atomic E-state index is 0.0156. The van der Waals surface area contributed by atoms with E-state index < -0.39 is 11.8 Å². The molecule has 2 aromatic rings. The quantitative estimate of drug-likeness (QED) is 0.434. The van der Waals surface area contributed by atoms with Gasteiger partial charge in [0.15, 0.2) is 0 Å². The third-order valence-electron chi connectivity index (χ3n) is 5.52. The maximum absolute atomic E-state index is 11.3. The minimum atomic E-state index is -1.17. The Kier molecular flexibility index (Phi) is 7.75. The highest BCUT2D eigenvalue weighted by molar-refractivity contribution is 5.61. The van der Waals surface area contributed by atoms with Crippen LogP contribution in [0.2, 0.25) is 0 Å². The molecule has 0 fully saturated rings. The normalized spacial score (nSPS) is 17.4. The number of carbonyl (C=O) groups excluding carboxylic acids is 1. The first kappa shape index (κ1) is 23.6. The molecule has 0 saturated heterocycles. The third-order valence-corrected chi connectivity index (χ3v) is 5.52. The molecule has 172 valence electrons. The lowest BCUT2D eigenvalue weighted by Gasteiger charge is -2.22. The number of aliphatic hydroxyl groups is 1. The van der Waals surface area contributed by atoms with Gasteiger partial charge in [0.1, 0.15) is 11.4 Å². The Morgan fingerprint density at radius 1 is 1.28 bits per heavy atom. The molecule has 0 saturated carbocycles. The standard InChI is InChI=1S/C25H32N2O5/c1-5-31-24(28)32-16-6-15-25(3,29)23-17-22(19-9-7-18(2)8-10-19)27(26-23)20-11-13-21(30-4)14-12-20/h7-11,13-14,17,20,29H,5-6,12,15-16H2,1-4H3. The van der Waals surface area contributed by atoms with E-state index in [1.807, 2.05) is 22.9 Å². The van der Waals surface area contributed by atoms with E-state index in [1.165, 1.54) is 5.56 Å². The second kappa shape index (κ2) is 10.5. The maximum atomic E-state index is 11.3. The van der Waals surface area contributed by atoms with Crippen molar-refractivity contribution in [1.82, 2.24) is 9.78 Å². The minimum Gasteiger partial charge on any atom is -0.497 e. The molecule has 1 aliphatic rings. The monoisotopic (exact) mass is 440 g/mol. The number of rotatable bonds is 9. The van der Waals surface area contributed by atoms with Crippen LogP contribution in [0.5, 0.6) is 0 Å². The summed E-state index contributed by atoms with van der Waals surface area (Å²) in [7, 11) is 1.66. The third kappa shape index (κ3) is 5.79. The zero-order valence-electron chi connectivity index (χ0n) is 19.2. The maximum Gasteiger partial charge on any atom is 0.508 e. The molecule has 2 atom stereocenters. The molecule has 1 heterocycles. The van der Waals surface area contributed by atoms with Crippen molar-refractivity contribution in [2.75, 3.05) is 20.3 Å². The first-order valence-electron chi connectivity index (χ1n) is 11.0. The van der Waals surface area contributed by atoms with Crippen molar-refractivity contribution in [2.24, 2.45) is 0 Å². The molecule has 0 bridgehead atoms. The van der Waals surface area contributed by atoms with E-state index in [0.29, 0.717) is 18.5 Å². The molecule has 1 N–H and O–H groups in total. The van der Waals surface area contributed by atoms with E-state index in [-0.39, 0.29) is 19.3 Å². The van der Waals surface area contributed by atoms with Crippen molar-refractivity contribution in [3.8, 4) is 11.3 Å². The average Bonchev–Trinajstić information content (AvgIpc) is 3.24. The number of benzene rings is 1. The van der Waals surface area contributed by atoms with E-state index in [9.17, 15) is 9.90 Å². The molecule has 32 heavy (non-hydrogen) atoms. The molecule has 2 unspecified atom stereocenters. The zero-order valence-corrected chi connectivity index (χ0v) is 19.2. The van der Waals surface area contributed by atoms with E-state index in [0.717, 1.165) is 23.4 Å². The predicted molar refractivity (Wildman–Crippen MR) is 122 cm³/mol. The van der Waals surface area contributed by atoms with Crippen molar-refractivity contribution in [3.63, 3.8) is 0 Å². The van der Waals surface area contributed by atoms with Gasteiger partial charge >= 0.3 is 6.16 Å². The summed E-state index contributed by atoms with van der Waals surface area (Å²) in [6.45, 7) is 5.96. The van der Waals surface area contributed by atoms with Gasteiger partial charge in [-0.2, -0.15) is 5.10 Å². The summed E-state index contributed by atoms with van der Waals surface area (Å²) in [5.41, 5.74) is 2.56. The molecule has 3 rings (SSSR count). The predicted octanol–water partition coefficient (Wildman–Crippen LogP) is 5.05. The van der Waals surface area contributed by atoms with Gasteiger partial charge in [0.25, 0.3) is 0 Å². The lowest BCUT2D eigenvalue weighted by atomic mass is 9.95. The van der Waals surface area contributed by atoms with Crippen molar-refractivity contribution in [2.45, 2.75) is 51.7 Å². The van der Waals surface area contributed by atoms with Crippen LogP contribution in [-0.2, 0) is 19.8 Å². The topological polar surface area (TPSA) is 82.8 Å². The highest BCUT2D eigenvalue weighted by atomic mass is 16.7. The number of allylic oxidation sites excluding steroid dienone is 3. The number of ether oxygens (including phenoxy) is 3. The fourth-order valence-corrected chi connectivity index (χ4v) is 3.63. The molecule has 0 spiro atoms. The Morgan fingerprint density at radius 2 is 2.03 bits per heavy atom. The summed E-state index contributed by atoms with van der Waals surface area (Å²) < 4.78 is 17.0. The smallest absolute Gasteiger partial charge is 0.497 e. The molecule has 0 amide bonds. The van der Waals surface area contributed by atoms with Crippen LogP contribution in [0.15, 0.2) is 54.3 Å². The van der Waals surface area contributed by atoms with Gasteiger partial charge in [-0.05, 0) is 63.8 Å². The first-order valence-corrected chi connectivity index (χ1v) is 11.0. The highest BCUT2D eigenvalue weighted by Crippen LogP contribution is 2.33. The van der Waals surface area contributed by atoms with Crippen molar-refractivity contribution in [3.05, 3.63) is 65.6 Å². The van der Waals surface area contributed by atoms with Gasteiger partial charge in [-0.1, -0.05) is 35.9 Å². The number of nitrogens with zero attached hydrogens (tertiary/aromatic N) is 2. The van der Waals surface area contributed by atoms with Crippen LogP contribution in [0.3, 0.4) is 0 Å². The van der Waals surface area contributed by atoms with E-state index in [2.05, 4.69) is 37.3 Å². The summed E-state index contributed by atoms with van der Waals surface area (Å²) >= 11 is 0. The molecule has 0 radical (unpaired) electrons. The Labute approximate surface area is 189 Å². The van der Waals surface area contributed by atoms with Crippen LogP contribution < -0.4 is 0 Å². The molecule has 1 aromatic heterocycles. The Balaban J connectivity index is 1.82. The fraction of sp³-hybridized carbons (Fsp3) is 0.440. The number of aromatic nitrogens is 2. The molecule has 1 aromatic carbocycles. The van der Waals surface area contributed by atoms with Crippen LogP contribution >= 0.6 is 0 Å². The molecular weight excluding hydrogens is 408 g/mol. The van der Waals surface area contributed by atoms with Gasteiger partial charge in [-0.3, -0.25) is 4.68 Å². The van der Waals surface area contributed by atoms with Gasteiger partial charge in [0.05, 0.1) is 37.8 Å². The van der Waals surface area contributed by atoms with Crippen LogP contribution in [0.25, 0.3) is 11.3 Å². The van der Waals surface area contributed by atoms with E-state index >= 15 is 0 Å². The first-order chi connectivity index (χ1) is 15.3. The highest BCUT2D eigenvalue weighted by Gasteiger charge is 2.29. The molecule has 7 nitrogen and oxygen atoms in total. The summed E-state index contributed by atoms with van der Waals surface area (Å²) in [5, 5.41) is 16.0. The van der Waals surface area contributed by atoms with Gasteiger partial charge in [0.2, 0.25) is 0 Å². The largest absolute Gasteiger partial charge is 0.508 e. The Hall–Kier alpha value is -3.06. The number of methoxy groups -OCH3 is 1. The van der Waals surface area contributed by atoms with Gasteiger partial charge in [-0.25, -0.2) is 4.79 Å². The van der Waals surface area contributed by atoms with Gasteiger partial charge in [0, 0.05) is 0 Å². The lowest BCUT2D eigenvalue weighted by Crippen LogP contribution is -2.23. The van der Waals surface area contributed by atoms with Crippen LogP contribution in [0.4, 0.5) is 4.79 Å². The van der Waals surface area contributed by atoms with Gasteiger partial charge in [-0.15, -0.1) is 0 Å². The molecule has 7 heteroatoms. The average molecular weight is 441 g/mol. The van der Waals surface area contributed by atoms with Crippen LogP contribution in [0.1, 0.15) is 50.4 Å².